The van der Waals surface area contributed by atoms with Gasteiger partial charge in [-0.3, -0.25) is 4.79 Å². The standard InChI is InChI=1S/C15H24O4/c1-8-9-4-6-14(2)10(16)5-7-15(3,18)12(14)11(9)19-13(8)17/h8-12,16,18H,4-7H2,1-3H3/t8-,9+,10+,11-,12-,14+,15+/m1/s1. The predicted octanol–water partition coefficient (Wildman–Crippen LogP) is 1.49. The van der Waals surface area contributed by atoms with Crippen LogP contribution in [-0.4, -0.2) is 34.0 Å². The molecule has 1 heterocycles. The van der Waals surface area contributed by atoms with E-state index in [1.165, 1.54) is 0 Å². The van der Waals surface area contributed by atoms with Crippen LogP contribution in [0.3, 0.4) is 0 Å². The van der Waals surface area contributed by atoms with E-state index >= 15 is 0 Å². The fourth-order valence-electron chi connectivity index (χ4n) is 4.88. The Morgan fingerprint density at radius 3 is 2.63 bits per heavy atom. The van der Waals surface area contributed by atoms with Crippen LogP contribution >= 0.6 is 0 Å². The Kier molecular flexibility index (Phi) is 2.78. The zero-order valence-corrected chi connectivity index (χ0v) is 11.9. The van der Waals surface area contributed by atoms with Crippen LogP contribution in [0.4, 0.5) is 0 Å². The maximum atomic E-state index is 11.8. The Morgan fingerprint density at radius 2 is 1.95 bits per heavy atom. The topological polar surface area (TPSA) is 66.8 Å². The van der Waals surface area contributed by atoms with Gasteiger partial charge in [-0.05, 0) is 32.6 Å². The highest BCUT2D eigenvalue weighted by molar-refractivity contribution is 5.75. The predicted molar refractivity (Wildman–Crippen MR) is 69.2 cm³/mol. The van der Waals surface area contributed by atoms with Crippen molar-refractivity contribution in [1.29, 1.82) is 0 Å². The van der Waals surface area contributed by atoms with E-state index in [4.69, 9.17) is 4.74 Å². The van der Waals surface area contributed by atoms with Crippen LogP contribution in [-0.2, 0) is 9.53 Å². The molecule has 3 rings (SSSR count). The molecule has 0 amide bonds. The number of hydrogen-bond acceptors (Lipinski definition) is 4. The van der Waals surface area contributed by atoms with Crippen LogP contribution in [0.1, 0.15) is 46.5 Å². The molecule has 0 unspecified atom stereocenters. The zero-order valence-electron chi connectivity index (χ0n) is 11.9. The third kappa shape index (κ3) is 1.69. The smallest absolute Gasteiger partial charge is 0.309 e. The summed E-state index contributed by atoms with van der Waals surface area (Å²) in [7, 11) is 0. The Bertz CT molecular complexity index is 405. The molecule has 4 heteroatoms. The molecule has 0 radical (unpaired) electrons. The highest BCUT2D eigenvalue weighted by Crippen LogP contribution is 2.58. The number of aliphatic hydroxyl groups is 2. The summed E-state index contributed by atoms with van der Waals surface area (Å²) in [6.45, 7) is 5.80. The van der Waals surface area contributed by atoms with Crippen molar-refractivity contribution in [3.63, 3.8) is 0 Å². The van der Waals surface area contributed by atoms with Crippen molar-refractivity contribution in [3.05, 3.63) is 0 Å². The fraction of sp³-hybridized carbons (Fsp3) is 0.933. The summed E-state index contributed by atoms with van der Waals surface area (Å²) in [6, 6.07) is 0. The van der Waals surface area contributed by atoms with Gasteiger partial charge in [-0.15, -0.1) is 0 Å². The number of esters is 1. The highest BCUT2D eigenvalue weighted by atomic mass is 16.6. The molecular weight excluding hydrogens is 244 g/mol. The molecule has 19 heavy (non-hydrogen) atoms. The lowest BCUT2D eigenvalue weighted by atomic mass is 9.51. The van der Waals surface area contributed by atoms with Gasteiger partial charge in [0.1, 0.15) is 6.10 Å². The van der Waals surface area contributed by atoms with E-state index in [1.807, 2.05) is 20.8 Å². The molecule has 7 atom stereocenters. The van der Waals surface area contributed by atoms with E-state index in [1.54, 1.807) is 0 Å². The van der Waals surface area contributed by atoms with Gasteiger partial charge in [0.2, 0.25) is 0 Å². The Morgan fingerprint density at radius 1 is 1.26 bits per heavy atom. The minimum absolute atomic E-state index is 0.0792. The Labute approximate surface area is 114 Å². The first-order chi connectivity index (χ1) is 8.77. The van der Waals surface area contributed by atoms with Gasteiger partial charge in [-0.2, -0.15) is 0 Å². The molecule has 4 nitrogen and oxygen atoms in total. The number of aliphatic hydroxyl groups excluding tert-OH is 1. The summed E-state index contributed by atoms with van der Waals surface area (Å²) in [5.41, 5.74) is -1.20. The molecular formula is C15H24O4. The van der Waals surface area contributed by atoms with Crippen molar-refractivity contribution < 1.29 is 19.7 Å². The third-order valence-corrected chi connectivity index (χ3v) is 6.10. The molecule has 108 valence electrons. The van der Waals surface area contributed by atoms with E-state index in [0.29, 0.717) is 12.8 Å². The Hall–Kier alpha value is -0.610. The molecule has 2 aliphatic carbocycles. The lowest BCUT2D eigenvalue weighted by Crippen LogP contribution is -2.62. The van der Waals surface area contributed by atoms with Gasteiger partial charge in [0.05, 0.1) is 17.6 Å². The van der Waals surface area contributed by atoms with Gasteiger partial charge < -0.3 is 14.9 Å². The van der Waals surface area contributed by atoms with Gasteiger partial charge >= 0.3 is 5.97 Å². The van der Waals surface area contributed by atoms with Crippen molar-refractivity contribution in [2.24, 2.45) is 23.2 Å². The van der Waals surface area contributed by atoms with Crippen LogP contribution in [0.2, 0.25) is 0 Å². The van der Waals surface area contributed by atoms with Crippen LogP contribution < -0.4 is 0 Å². The number of carbonyl (C=O) groups is 1. The molecule has 0 aromatic rings. The van der Waals surface area contributed by atoms with Crippen LogP contribution in [0.5, 0.6) is 0 Å². The fourth-order valence-corrected chi connectivity index (χ4v) is 4.88. The van der Waals surface area contributed by atoms with E-state index < -0.39 is 11.7 Å². The molecule has 1 saturated heterocycles. The quantitative estimate of drug-likeness (QED) is 0.653. The highest BCUT2D eigenvalue weighted by Gasteiger charge is 2.63. The first-order valence-corrected chi connectivity index (χ1v) is 7.38. The van der Waals surface area contributed by atoms with Gasteiger partial charge in [-0.25, -0.2) is 0 Å². The van der Waals surface area contributed by atoms with Gasteiger partial charge in [0, 0.05) is 17.3 Å². The molecule has 0 bridgehead atoms. The maximum Gasteiger partial charge on any atom is 0.309 e. The van der Waals surface area contributed by atoms with Crippen molar-refractivity contribution in [1.82, 2.24) is 0 Å². The van der Waals surface area contributed by atoms with E-state index in [2.05, 4.69) is 0 Å². The van der Waals surface area contributed by atoms with Crippen LogP contribution in [0, 0.1) is 23.2 Å². The third-order valence-electron chi connectivity index (χ3n) is 6.10. The number of rotatable bonds is 0. The number of fused-ring (bicyclic) bond motifs is 3. The average Bonchev–Trinajstić information content (AvgIpc) is 2.60. The molecule has 3 fully saturated rings. The molecule has 0 aromatic carbocycles. The SMILES string of the molecule is C[C@H]1C(=O)O[C@@H]2[C@H]1CC[C@]1(C)[C@@H]2[C@@](C)(O)CC[C@@H]1O. The summed E-state index contributed by atoms with van der Waals surface area (Å²) >= 11 is 0. The van der Waals surface area contributed by atoms with Crippen LogP contribution in [0.15, 0.2) is 0 Å². The summed E-state index contributed by atoms with van der Waals surface area (Å²) in [5.74, 6) is -0.182. The first-order valence-electron chi connectivity index (χ1n) is 7.38. The van der Waals surface area contributed by atoms with Crippen molar-refractivity contribution in [2.45, 2.75) is 64.3 Å². The minimum Gasteiger partial charge on any atom is -0.461 e. The summed E-state index contributed by atoms with van der Waals surface area (Å²) < 4.78 is 5.59. The first kappa shape index (κ1) is 13.4. The lowest BCUT2D eigenvalue weighted by Gasteiger charge is -2.57. The van der Waals surface area contributed by atoms with Crippen molar-refractivity contribution >= 4 is 5.97 Å². The van der Waals surface area contributed by atoms with Crippen molar-refractivity contribution in [3.8, 4) is 0 Å². The van der Waals surface area contributed by atoms with Gasteiger partial charge in [0.15, 0.2) is 0 Å². The molecule has 0 spiro atoms. The molecule has 1 aliphatic heterocycles. The second kappa shape index (κ2) is 3.95. The number of carbonyl (C=O) groups excluding carboxylic acids is 1. The largest absolute Gasteiger partial charge is 0.461 e. The van der Waals surface area contributed by atoms with E-state index in [-0.39, 0.29) is 35.2 Å². The van der Waals surface area contributed by atoms with E-state index in [0.717, 1.165) is 12.8 Å². The van der Waals surface area contributed by atoms with Crippen LogP contribution in [0.25, 0.3) is 0 Å². The molecule has 2 saturated carbocycles. The lowest BCUT2D eigenvalue weighted by molar-refractivity contribution is -0.212. The molecule has 0 aromatic heterocycles. The summed E-state index contributed by atoms with van der Waals surface area (Å²) in [4.78, 5) is 11.8. The minimum atomic E-state index is -0.859. The van der Waals surface area contributed by atoms with Gasteiger partial charge in [0.25, 0.3) is 0 Å². The van der Waals surface area contributed by atoms with E-state index in [9.17, 15) is 15.0 Å². The van der Waals surface area contributed by atoms with Crippen molar-refractivity contribution in [2.75, 3.05) is 0 Å². The number of hydrogen-bond donors (Lipinski definition) is 2. The normalized spacial score (nSPS) is 57.3. The zero-order chi connectivity index (χ0) is 14.0. The average molecular weight is 268 g/mol. The molecule has 2 N–H and O–H groups in total. The van der Waals surface area contributed by atoms with Gasteiger partial charge in [-0.1, -0.05) is 13.8 Å². The maximum absolute atomic E-state index is 11.8. The summed E-state index contributed by atoms with van der Waals surface area (Å²) in [5, 5.41) is 21.2. The number of ether oxygens (including phenoxy) is 1. The Balaban J connectivity index is 2.01. The summed E-state index contributed by atoms with van der Waals surface area (Å²) in [6.07, 6.45) is 2.32. The molecule has 3 aliphatic rings. The second-order valence-corrected chi connectivity index (χ2v) is 7.29. The second-order valence-electron chi connectivity index (χ2n) is 7.29. The monoisotopic (exact) mass is 268 g/mol.